The molecule has 1 saturated heterocycles. The van der Waals surface area contributed by atoms with E-state index in [0.29, 0.717) is 43.0 Å². The van der Waals surface area contributed by atoms with E-state index in [1.165, 1.54) is 4.90 Å². The minimum atomic E-state index is -0.450. The molecule has 1 heterocycles. The van der Waals surface area contributed by atoms with Gasteiger partial charge in [-0.25, -0.2) is 0 Å². The molecule has 0 radical (unpaired) electrons. The molecule has 0 aromatic heterocycles. The molecule has 0 bridgehead atoms. The third-order valence-electron chi connectivity index (χ3n) is 4.44. The van der Waals surface area contributed by atoms with Crippen molar-refractivity contribution in [2.75, 3.05) is 31.1 Å². The summed E-state index contributed by atoms with van der Waals surface area (Å²) in [6.45, 7) is 1.51. The van der Waals surface area contributed by atoms with Crippen LogP contribution in [0.5, 0.6) is 5.75 Å². The lowest BCUT2D eigenvalue weighted by Crippen LogP contribution is -2.33. The molecule has 0 spiro atoms. The van der Waals surface area contributed by atoms with Crippen LogP contribution in [-0.4, -0.2) is 49.6 Å². The number of nitrogens with one attached hydrogen (secondary N) is 1. The Hall–Kier alpha value is -2.70. The van der Waals surface area contributed by atoms with Gasteiger partial charge in [-0.2, -0.15) is 0 Å². The van der Waals surface area contributed by atoms with Gasteiger partial charge in [-0.15, -0.1) is 0 Å². The van der Waals surface area contributed by atoms with Gasteiger partial charge in [0.05, 0.1) is 24.8 Å². The summed E-state index contributed by atoms with van der Waals surface area (Å²) in [6.07, 6.45) is 0.253. The monoisotopic (exact) mass is 354 g/mol. The zero-order chi connectivity index (χ0) is 18.4. The number of nitrogens with zero attached hydrogens (tertiary/aromatic N) is 1. The zero-order valence-corrected chi connectivity index (χ0v) is 14.4. The largest absolute Gasteiger partial charge is 0.492 e. The van der Waals surface area contributed by atoms with Gasteiger partial charge in [0.15, 0.2) is 0 Å². The number of benzene rings is 2. The first-order valence-corrected chi connectivity index (χ1v) is 8.62. The van der Waals surface area contributed by atoms with Crippen molar-refractivity contribution in [3.05, 3.63) is 60.2 Å². The fraction of sp³-hybridized carbons (Fsp3) is 0.300. The number of hydrogen-bond donors (Lipinski definition) is 2. The third kappa shape index (κ3) is 4.09. The Balaban J connectivity index is 1.80. The molecule has 136 valence electrons. The lowest BCUT2D eigenvalue weighted by molar-refractivity contribution is -0.106. The number of β-amino-alcohol motifs (C(OH)–C–C–N with tert-alkyl or cyclic N) is 1. The van der Waals surface area contributed by atoms with Crippen molar-refractivity contribution < 1.29 is 19.4 Å². The smallest absolute Gasteiger partial charge is 0.262 e. The Labute approximate surface area is 152 Å². The van der Waals surface area contributed by atoms with E-state index in [-0.39, 0.29) is 18.4 Å². The summed E-state index contributed by atoms with van der Waals surface area (Å²) in [5, 5.41) is 13.0. The van der Waals surface area contributed by atoms with Crippen LogP contribution in [0.25, 0.3) is 0 Å². The molecule has 0 aliphatic carbocycles. The number of carbonyl (C=O) groups excluding carboxylic acids is 2. The van der Waals surface area contributed by atoms with Gasteiger partial charge in [-0.3, -0.25) is 4.79 Å². The summed E-state index contributed by atoms with van der Waals surface area (Å²) >= 11 is 0. The maximum atomic E-state index is 13.0. The quantitative estimate of drug-likeness (QED) is 0.737. The average Bonchev–Trinajstić information content (AvgIpc) is 3.10. The van der Waals surface area contributed by atoms with Crippen LogP contribution in [-0.2, 0) is 4.79 Å². The Kier molecular flexibility index (Phi) is 5.99. The highest BCUT2D eigenvalue weighted by Gasteiger charge is 2.26. The van der Waals surface area contributed by atoms with Crippen molar-refractivity contribution in [3.63, 3.8) is 0 Å². The highest BCUT2D eigenvalue weighted by Crippen LogP contribution is 2.24. The van der Waals surface area contributed by atoms with E-state index in [9.17, 15) is 14.7 Å². The first-order chi connectivity index (χ1) is 12.7. The van der Waals surface area contributed by atoms with Crippen molar-refractivity contribution in [1.29, 1.82) is 0 Å². The first-order valence-electron chi connectivity index (χ1n) is 8.62. The Morgan fingerprint density at radius 3 is 2.58 bits per heavy atom. The third-order valence-corrected chi connectivity index (χ3v) is 4.44. The number of carbonyl (C=O) groups is 2. The number of aliphatic hydroxyl groups is 1. The molecule has 6 nitrogen and oxygen atoms in total. The SMILES string of the molecule is O=CCN(C(=O)c1ccccc1OC[C@H]1CNC[C@H]1O)c1ccccc1. The lowest BCUT2D eigenvalue weighted by Gasteiger charge is -2.22. The standard InChI is InChI=1S/C20H22N2O4/c23-11-10-22(16-6-2-1-3-7-16)20(25)17-8-4-5-9-19(17)26-14-15-12-21-13-18(15)24/h1-9,11,15,18,21,24H,10,12-14H2/t15-,18-/m1/s1. The molecule has 1 fully saturated rings. The van der Waals surface area contributed by atoms with Gasteiger partial charge >= 0.3 is 0 Å². The molecule has 1 aliphatic heterocycles. The van der Waals surface area contributed by atoms with E-state index < -0.39 is 6.10 Å². The summed E-state index contributed by atoms with van der Waals surface area (Å²) in [4.78, 5) is 25.5. The van der Waals surface area contributed by atoms with E-state index in [2.05, 4.69) is 5.32 Å². The van der Waals surface area contributed by atoms with Crippen molar-refractivity contribution in [2.24, 2.45) is 5.92 Å². The minimum Gasteiger partial charge on any atom is -0.492 e. The van der Waals surface area contributed by atoms with Gasteiger partial charge < -0.3 is 24.9 Å². The van der Waals surface area contributed by atoms with Crippen molar-refractivity contribution in [1.82, 2.24) is 5.32 Å². The molecule has 0 saturated carbocycles. The van der Waals surface area contributed by atoms with Gasteiger partial charge in [0.25, 0.3) is 5.91 Å². The molecule has 0 unspecified atom stereocenters. The van der Waals surface area contributed by atoms with Crippen molar-refractivity contribution in [3.8, 4) is 5.75 Å². The molecule has 6 heteroatoms. The minimum absolute atomic E-state index is 0.0154. The Bertz CT molecular complexity index is 750. The number of amides is 1. The second-order valence-electron chi connectivity index (χ2n) is 6.21. The molecule has 26 heavy (non-hydrogen) atoms. The number of rotatable bonds is 7. The van der Waals surface area contributed by atoms with E-state index in [4.69, 9.17) is 4.74 Å². The summed E-state index contributed by atoms with van der Waals surface area (Å²) in [6, 6.07) is 16.0. The fourth-order valence-electron chi connectivity index (χ4n) is 2.99. The number of para-hydroxylation sites is 2. The topological polar surface area (TPSA) is 78.9 Å². The molecule has 2 atom stereocenters. The second-order valence-corrected chi connectivity index (χ2v) is 6.21. The Morgan fingerprint density at radius 1 is 1.15 bits per heavy atom. The molecule has 2 N–H and O–H groups in total. The second kappa shape index (κ2) is 8.60. The molecule has 2 aromatic carbocycles. The number of aliphatic hydroxyl groups excluding tert-OH is 1. The highest BCUT2D eigenvalue weighted by atomic mass is 16.5. The maximum absolute atomic E-state index is 13.0. The van der Waals surface area contributed by atoms with Gasteiger partial charge in [-0.1, -0.05) is 30.3 Å². The first kappa shape index (κ1) is 18.1. The predicted molar refractivity (Wildman–Crippen MR) is 98.5 cm³/mol. The van der Waals surface area contributed by atoms with Crippen molar-refractivity contribution in [2.45, 2.75) is 6.10 Å². The summed E-state index contributed by atoms with van der Waals surface area (Å²) in [5.41, 5.74) is 1.04. The summed E-state index contributed by atoms with van der Waals surface area (Å²) < 4.78 is 5.84. The van der Waals surface area contributed by atoms with Crippen LogP contribution in [0.4, 0.5) is 5.69 Å². The van der Waals surface area contributed by atoms with Crippen LogP contribution >= 0.6 is 0 Å². The highest BCUT2D eigenvalue weighted by molar-refractivity contribution is 6.09. The number of ether oxygens (including phenoxy) is 1. The molecular formula is C20H22N2O4. The van der Waals surface area contributed by atoms with Crippen LogP contribution in [0, 0.1) is 5.92 Å². The van der Waals surface area contributed by atoms with Gasteiger partial charge in [0.2, 0.25) is 0 Å². The normalized spacial score (nSPS) is 19.1. The maximum Gasteiger partial charge on any atom is 0.262 e. The van der Waals surface area contributed by atoms with Gasteiger partial charge in [0, 0.05) is 24.7 Å². The molecule has 1 amide bonds. The molecular weight excluding hydrogens is 332 g/mol. The zero-order valence-electron chi connectivity index (χ0n) is 14.4. The fourth-order valence-corrected chi connectivity index (χ4v) is 2.99. The van der Waals surface area contributed by atoms with Crippen molar-refractivity contribution >= 4 is 17.9 Å². The predicted octanol–water partition coefficient (Wildman–Crippen LogP) is 1.49. The average molecular weight is 354 g/mol. The van der Waals surface area contributed by atoms with E-state index in [1.54, 1.807) is 36.4 Å². The summed E-state index contributed by atoms with van der Waals surface area (Å²) in [7, 11) is 0. The molecule has 1 aliphatic rings. The molecule has 2 aromatic rings. The van der Waals surface area contributed by atoms with Crippen LogP contribution in [0.1, 0.15) is 10.4 Å². The van der Waals surface area contributed by atoms with E-state index in [0.717, 1.165) is 0 Å². The Morgan fingerprint density at radius 2 is 1.88 bits per heavy atom. The van der Waals surface area contributed by atoms with E-state index >= 15 is 0 Å². The molecule has 3 rings (SSSR count). The number of aldehydes is 1. The van der Waals surface area contributed by atoms with Gasteiger partial charge in [0.1, 0.15) is 12.0 Å². The number of hydrogen-bond acceptors (Lipinski definition) is 5. The van der Waals surface area contributed by atoms with E-state index in [1.807, 2.05) is 18.2 Å². The van der Waals surface area contributed by atoms with Gasteiger partial charge in [-0.05, 0) is 24.3 Å². The van der Waals surface area contributed by atoms with Crippen LogP contribution in [0.3, 0.4) is 0 Å². The number of anilines is 1. The van der Waals surface area contributed by atoms with Crippen LogP contribution < -0.4 is 15.0 Å². The van der Waals surface area contributed by atoms with Crippen LogP contribution in [0.15, 0.2) is 54.6 Å². The summed E-state index contributed by atoms with van der Waals surface area (Å²) in [5.74, 6) is 0.130. The van der Waals surface area contributed by atoms with Crippen LogP contribution in [0.2, 0.25) is 0 Å². The lowest BCUT2D eigenvalue weighted by atomic mass is 10.1.